The van der Waals surface area contributed by atoms with Crippen molar-refractivity contribution in [3.63, 3.8) is 0 Å². The van der Waals surface area contributed by atoms with Crippen LogP contribution in [0.15, 0.2) is 0 Å². The first kappa shape index (κ1) is 16.5. The standard InChI is InChI=1S/C17H25ClN4O/c1-3-14-19-16(18)12(2)17(20-14)22-9-8-21(15(23)11-22)10-13-6-4-5-7-13/h13H,3-11H2,1-2H3. The van der Waals surface area contributed by atoms with Gasteiger partial charge in [0.25, 0.3) is 0 Å². The van der Waals surface area contributed by atoms with Gasteiger partial charge in [0, 0.05) is 31.6 Å². The average Bonchev–Trinajstić information content (AvgIpc) is 3.05. The number of hydrogen-bond acceptors (Lipinski definition) is 4. The number of aryl methyl sites for hydroxylation is 1. The zero-order chi connectivity index (χ0) is 16.4. The van der Waals surface area contributed by atoms with Gasteiger partial charge in [-0.15, -0.1) is 0 Å². The maximum Gasteiger partial charge on any atom is 0.242 e. The number of carbonyl (C=O) groups is 1. The van der Waals surface area contributed by atoms with E-state index >= 15 is 0 Å². The van der Waals surface area contributed by atoms with E-state index in [0.717, 1.165) is 43.3 Å². The maximum atomic E-state index is 12.5. The van der Waals surface area contributed by atoms with Gasteiger partial charge < -0.3 is 9.80 Å². The molecule has 0 radical (unpaired) electrons. The summed E-state index contributed by atoms with van der Waals surface area (Å²) in [4.78, 5) is 25.5. The molecular weight excluding hydrogens is 312 g/mol. The summed E-state index contributed by atoms with van der Waals surface area (Å²) in [6.45, 7) is 6.84. The van der Waals surface area contributed by atoms with Gasteiger partial charge in [-0.05, 0) is 25.7 Å². The second-order valence-corrected chi connectivity index (χ2v) is 7.00. The van der Waals surface area contributed by atoms with Crippen LogP contribution in [0.3, 0.4) is 0 Å². The van der Waals surface area contributed by atoms with Crippen molar-refractivity contribution in [3.8, 4) is 0 Å². The zero-order valence-corrected chi connectivity index (χ0v) is 14.8. The summed E-state index contributed by atoms with van der Waals surface area (Å²) in [7, 11) is 0. The summed E-state index contributed by atoms with van der Waals surface area (Å²) in [6, 6.07) is 0. The number of piperazine rings is 1. The van der Waals surface area contributed by atoms with Crippen molar-refractivity contribution >= 4 is 23.3 Å². The Kier molecular flexibility index (Phi) is 5.05. The summed E-state index contributed by atoms with van der Waals surface area (Å²) in [5.74, 6) is 2.45. The largest absolute Gasteiger partial charge is 0.345 e. The van der Waals surface area contributed by atoms with Crippen molar-refractivity contribution in [2.45, 2.75) is 46.0 Å². The third-order valence-electron chi connectivity index (χ3n) is 4.99. The first-order valence-electron chi connectivity index (χ1n) is 8.64. The molecule has 126 valence electrons. The fraction of sp³-hybridized carbons (Fsp3) is 0.706. The van der Waals surface area contributed by atoms with E-state index in [9.17, 15) is 4.79 Å². The molecule has 5 nitrogen and oxygen atoms in total. The van der Waals surface area contributed by atoms with Crippen molar-refractivity contribution < 1.29 is 4.79 Å². The molecule has 0 unspecified atom stereocenters. The molecule has 23 heavy (non-hydrogen) atoms. The maximum absolute atomic E-state index is 12.5. The smallest absolute Gasteiger partial charge is 0.242 e. The summed E-state index contributed by atoms with van der Waals surface area (Å²) < 4.78 is 0. The first-order chi connectivity index (χ1) is 11.1. The van der Waals surface area contributed by atoms with E-state index in [-0.39, 0.29) is 5.91 Å². The lowest BCUT2D eigenvalue weighted by atomic mass is 10.1. The Morgan fingerprint density at radius 2 is 1.96 bits per heavy atom. The number of rotatable bonds is 4. The monoisotopic (exact) mass is 336 g/mol. The molecule has 1 aliphatic carbocycles. The molecule has 1 amide bonds. The first-order valence-corrected chi connectivity index (χ1v) is 9.02. The fourth-order valence-corrected chi connectivity index (χ4v) is 3.76. The average molecular weight is 337 g/mol. The van der Waals surface area contributed by atoms with E-state index in [1.54, 1.807) is 0 Å². The number of aromatic nitrogens is 2. The van der Waals surface area contributed by atoms with E-state index in [1.165, 1.54) is 25.7 Å². The van der Waals surface area contributed by atoms with Crippen LogP contribution in [-0.2, 0) is 11.2 Å². The van der Waals surface area contributed by atoms with Gasteiger partial charge in [0.1, 0.15) is 16.8 Å². The number of carbonyl (C=O) groups excluding carboxylic acids is 1. The molecule has 1 aliphatic heterocycles. The van der Waals surface area contributed by atoms with E-state index in [0.29, 0.717) is 17.6 Å². The molecular formula is C17H25ClN4O. The van der Waals surface area contributed by atoms with Gasteiger partial charge in [0.15, 0.2) is 0 Å². The molecule has 2 heterocycles. The minimum absolute atomic E-state index is 0.204. The van der Waals surface area contributed by atoms with Gasteiger partial charge in [-0.1, -0.05) is 31.4 Å². The van der Waals surface area contributed by atoms with Crippen LogP contribution in [0.25, 0.3) is 0 Å². The van der Waals surface area contributed by atoms with Crippen LogP contribution in [0.5, 0.6) is 0 Å². The van der Waals surface area contributed by atoms with Crippen LogP contribution < -0.4 is 4.90 Å². The molecule has 0 N–H and O–H groups in total. The molecule has 2 fully saturated rings. The highest BCUT2D eigenvalue weighted by Crippen LogP contribution is 2.28. The number of nitrogens with zero attached hydrogens (tertiary/aromatic N) is 4. The van der Waals surface area contributed by atoms with Crippen LogP contribution in [0.1, 0.15) is 44.0 Å². The molecule has 0 bridgehead atoms. The van der Waals surface area contributed by atoms with E-state index in [1.807, 2.05) is 18.7 Å². The SMILES string of the molecule is CCc1nc(Cl)c(C)c(N2CCN(CC3CCCC3)C(=O)C2)n1. The quantitative estimate of drug-likeness (QED) is 0.793. The number of anilines is 1. The van der Waals surface area contributed by atoms with Crippen LogP contribution in [-0.4, -0.2) is 47.0 Å². The van der Waals surface area contributed by atoms with Gasteiger partial charge >= 0.3 is 0 Å². The predicted octanol–water partition coefficient (Wildman–Crippen LogP) is 2.84. The highest BCUT2D eigenvalue weighted by Gasteiger charge is 2.29. The molecule has 0 spiro atoms. The van der Waals surface area contributed by atoms with Crippen molar-refractivity contribution in [1.82, 2.24) is 14.9 Å². The molecule has 0 aromatic carbocycles. The molecule has 1 saturated heterocycles. The molecule has 6 heteroatoms. The third kappa shape index (κ3) is 3.60. The number of halogens is 1. The Morgan fingerprint density at radius 3 is 2.61 bits per heavy atom. The minimum atomic E-state index is 0.204. The second kappa shape index (κ2) is 7.04. The Morgan fingerprint density at radius 1 is 1.22 bits per heavy atom. The van der Waals surface area contributed by atoms with Gasteiger partial charge in [-0.3, -0.25) is 4.79 Å². The topological polar surface area (TPSA) is 49.3 Å². The summed E-state index contributed by atoms with van der Waals surface area (Å²) in [5, 5.41) is 0.493. The van der Waals surface area contributed by atoms with Crippen molar-refractivity contribution in [1.29, 1.82) is 0 Å². The third-order valence-corrected chi connectivity index (χ3v) is 5.36. The summed E-state index contributed by atoms with van der Waals surface area (Å²) in [5.41, 5.74) is 0.862. The Labute approximate surface area is 143 Å². The predicted molar refractivity (Wildman–Crippen MR) is 91.9 cm³/mol. The minimum Gasteiger partial charge on any atom is -0.345 e. The fourth-order valence-electron chi connectivity index (χ4n) is 3.57. The van der Waals surface area contributed by atoms with Crippen molar-refractivity contribution in [2.24, 2.45) is 5.92 Å². The molecule has 2 aliphatic rings. The van der Waals surface area contributed by atoms with Gasteiger partial charge in [-0.2, -0.15) is 0 Å². The Bertz CT molecular complexity index is 586. The lowest BCUT2D eigenvalue weighted by Crippen LogP contribution is -2.52. The molecule has 1 aromatic rings. The van der Waals surface area contributed by atoms with Crippen LogP contribution in [0, 0.1) is 12.8 Å². The van der Waals surface area contributed by atoms with Crippen LogP contribution in [0.2, 0.25) is 5.15 Å². The van der Waals surface area contributed by atoms with E-state index in [2.05, 4.69) is 14.9 Å². The van der Waals surface area contributed by atoms with Crippen molar-refractivity contribution in [2.75, 3.05) is 31.1 Å². The Hall–Kier alpha value is -1.36. The van der Waals surface area contributed by atoms with E-state index < -0.39 is 0 Å². The lowest BCUT2D eigenvalue weighted by Gasteiger charge is -2.36. The molecule has 3 rings (SSSR count). The second-order valence-electron chi connectivity index (χ2n) is 6.64. The normalized spacial score (nSPS) is 19.7. The highest BCUT2D eigenvalue weighted by atomic mass is 35.5. The summed E-state index contributed by atoms with van der Waals surface area (Å²) >= 11 is 6.22. The van der Waals surface area contributed by atoms with Crippen LogP contribution >= 0.6 is 11.6 Å². The number of amides is 1. The zero-order valence-electron chi connectivity index (χ0n) is 14.0. The Balaban J connectivity index is 1.70. The van der Waals surface area contributed by atoms with Crippen LogP contribution in [0.4, 0.5) is 5.82 Å². The van der Waals surface area contributed by atoms with Crippen molar-refractivity contribution in [3.05, 3.63) is 16.5 Å². The molecule has 0 atom stereocenters. The van der Waals surface area contributed by atoms with Gasteiger partial charge in [0.2, 0.25) is 5.91 Å². The van der Waals surface area contributed by atoms with E-state index in [4.69, 9.17) is 11.6 Å². The molecule has 1 saturated carbocycles. The number of hydrogen-bond donors (Lipinski definition) is 0. The van der Waals surface area contributed by atoms with Gasteiger partial charge in [0.05, 0.1) is 6.54 Å². The highest BCUT2D eigenvalue weighted by molar-refractivity contribution is 6.30. The lowest BCUT2D eigenvalue weighted by molar-refractivity contribution is -0.131. The van der Waals surface area contributed by atoms with Gasteiger partial charge in [-0.25, -0.2) is 9.97 Å². The molecule has 1 aromatic heterocycles. The summed E-state index contributed by atoms with van der Waals surface area (Å²) in [6.07, 6.45) is 5.92.